The Kier molecular flexibility index (Phi) is 9.46. The van der Waals surface area contributed by atoms with E-state index in [4.69, 9.17) is 20.4 Å². The molecule has 5 rings (SSSR count). The van der Waals surface area contributed by atoms with Crippen LogP contribution in [0.1, 0.15) is 116 Å². The van der Waals surface area contributed by atoms with Gasteiger partial charge < -0.3 is 4.98 Å². The van der Waals surface area contributed by atoms with Gasteiger partial charge >= 0.3 is 0 Å². The van der Waals surface area contributed by atoms with Gasteiger partial charge in [-0.25, -0.2) is 15.0 Å². The Labute approximate surface area is 263 Å². The van der Waals surface area contributed by atoms with Crippen LogP contribution in [0.15, 0.2) is 89.3 Å². The van der Waals surface area contributed by atoms with E-state index in [2.05, 4.69) is 84.5 Å². The average molecular weight is 586 g/mol. The second-order valence-corrected chi connectivity index (χ2v) is 11.5. The van der Waals surface area contributed by atoms with E-state index in [1.807, 2.05) is 6.08 Å². The summed E-state index contributed by atoms with van der Waals surface area (Å²) in [6.07, 6.45) is 17.7. The molecule has 4 aliphatic rings. The molecule has 0 unspecified atom stereocenters. The predicted molar refractivity (Wildman–Crippen MR) is 189 cm³/mol. The molecule has 0 amide bonds. The SMILES string of the molecule is CCC1=C(CC)C2=NC1=Cc1[nH]c(c(CC)c1CC)C=C1N=C(C(CC)=C1CC)/C(=C/C=C=N)C1=NC(=C2)C(CC)=C1CC. The maximum Gasteiger partial charge on any atom is 0.0766 e. The van der Waals surface area contributed by atoms with Gasteiger partial charge in [0.2, 0.25) is 0 Å². The number of rotatable bonds is 9. The largest absolute Gasteiger partial charge is 0.355 e. The lowest BCUT2D eigenvalue weighted by molar-refractivity contribution is 1.04. The van der Waals surface area contributed by atoms with Gasteiger partial charge in [0.15, 0.2) is 0 Å². The maximum atomic E-state index is 7.72. The molecule has 2 N–H and O–H groups in total. The van der Waals surface area contributed by atoms with Gasteiger partial charge in [-0.3, -0.25) is 5.41 Å². The average Bonchev–Trinajstić information content (AvgIpc) is 3.76. The van der Waals surface area contributed by atoms with Crippen molar-refractivity contribution in [2.45, 2.75) is 107 Å². The fourth-order valence-electron chi connectivity index (χ4n) is 7.42. The third kappa shape index (κ3) is 5.18. The highest BCUT2D eigenvalue weighted by molar-refractivity contribution is 6.37. The number of aromatic nitrogens is 1. The molecule has 44 heavy (non-hydrogen) atoms. The van der Waals surface area contributed by atoms with Crippen LogP contribution in [0, 0.1) is 5.41 Å². The minimum atomic E-state index is 0.867. The third-order valence-corrected chi connectivity index (χ3v) is 9.40. The fourth-order valence-corrected chi connectivity index (χ4v) is 7.42. The van der Waals surface area contributed by atoms with Crippen molar-refractivity contribution in [2.24, 2.45) is 15.0 Å². The molecule has 5 heterocycles. The molecule has 0 spiro atoms. The molecule has 5 nitrogen and oxygen atoms in total. The van der Waals surface area contributed by atoms with Crippen LogP contribution in [0.2, 0.25) is 0 Å². The zero-order valence-corrected chi connectivity index (χ0v) is 27.9. The zero-order valence-electron chi connectivity index (χ0n) is 27.9. The summed E-state index contributed by atoms with van der Waals surface area (Å²) < 4.78 is 0. The van der Waals surface area contributed by atoms with E-state index >= 15 is 0 Å². The van der Waals surface area contributed by atoms with Crippen molar-refractivity contribution in [3.05, 3.63) is 96.8 Å². The molecule has 228 valence electrons. The van der Waals surface area contributed by atoms with Crippen LogP contribution in [-0.4, -0.2) is 28.0 Å². The Hall–Kier alpha value is -4.08. The number of H-pyrrole nitrogens is 1. The Morgan fingerprint density at radius 2 is 1.00 bits per heavy atom. The number of aromatic amines is 1. The summed E-state index contributed by atoms with van der Waals surface area (Å²) in [7, 11) is 0. The number of hydrogen-bond donors (Lipinski definition) is 2. The van der Waals surface area contributed by atoms with E-state index in [0.717, 1.165) is 103 Å². The monoisotopic (exact) mass is 585 g/mol. The fraction of sp³-hybridized carbons (Fsp3) is 0.410. The third-order valence-electron chi connectivity index (χ3n) is 9.40. The van der Waals surface area contributed by atoms with E-state index in [1.165, 1.54) is 44.6 Å². The number of hydrogen-bond acceptors (Lipinski definition) is 4. The van der Waals surface area contributed by atoms with E-state index < -0.39 is 0 Å². The lowest BCUT2D eigenvalue weighted by atomic mass is 9.88. The molecular weight excluding hydrogens is 538 g/mol. The predicted octanol–water partition coefficient (Wildman–Crippen LogP) is 10.2. The molecule has 0 atom stereocenters. The molecule has 0 saturated carbocycles. The number of fused-ring (bicyclic) bond motifs is 5. The van der Waals surface area contributed by atoms with Crippen molar-refractivity contribution >= 4 is 35.2 Å². The lowest BCUT2D eigenvalue weighted by Gasteiger charge is -2.13. The van der Waals surface area contributed by atoms with E-state index in [9.17, 15) is 0 Å². The van der Waals surface area contributed by atoms with Gasteiger partial charge in [0.05, 0.1) is 34.2 Å². The summed E-state index contributed by atoms with van der Waals surface area (Å²) in [5, 5.41) is 7.72. The van der Waals surface area contributed by atoms with E-state index in [0.29, 0.717) is 0 Å². The molecule has 4 aliphatic heterocycles. The number of nitrogens with zero attached hydrogens (tertiary/aromatic N) is 3. The molecule has 0 aliphatic carbocycles. The van der Waals surface area contributed by atoms with Gasteiger partial charge in [0.25, 0.3) is 0 Å². The molecular formula is C39H47N5. The summed E-state index contributed by atoms with van der Waals surface area (Å²) in [5.41, 5.74) is 19.7. The second-order valence-electron chi connectivity index (χ2n) is 11.5. The molecule has 0 saturated heterocycles. The smallest absolute Gasteiger partial charge is 0.0766 e. The summed E-state index contributed by atoms with van der Waals surface area (Å²) in [5.74, 6) is 2.48. The lowest BCUT2D eigenvalue weighted by Crippen LogP contribution is -2.15. The Morgan fingerprint density at radius 1 is 0.568 bits per heavy atom. The van der Waals surface area contributed by atoms with Gasteiger partial charge in [-0.05, 0) is 132 Å². The standard InChI is InChI=1S/C39H47N5/c1-9-23-25(11-3)34-21-36-27(13-5)29(15-7)38(43-36)31(18-17-19-40)39-30(16-8)28(14-6)37(44-39)22-35-26(12-4)24(10-2)33(42-35)20-32(23)41-34/h17-18,20-22,40-41H,9-16H2,1-8H3/b31-18-,33-20?,36-21?,37-22?. The molecule has 5 heteroatoms. The number of aliphatic imine (C=N–C) groups is 3. The molecule has 1 aromatic heterocycles. The van der Waals surface area contributed by atoms with Crippen LogP contribution in [0.3, 0.4) is 0 Å². The van der Waals surface area contributed by atoms with Gasteiger partial charge in [-0.2, -0.15) is 0 Å². The molecule has 0 fully saturated rings. The van der Waals surface area contributed by atoms with Crippen LogP contribution >= 0.6 is 0 Å². The summed E-state index contributed by atoms with van der Waals surface area (Å²) in [4.78, 5) is 19.9. The molecule has 8 bridgehead atoms. The second kappa shape index (κ2) is 13.3. The Balaban J connectivity index is 1.94. The normalized spacial score (nSPS) is 18.9. The zero-order chi connectivity index (χ0) is 31.5. The minimum Gasteiger partial charge on any atom is -0.355 e. The Morgan fingerprint density at radius 3 is 1.43 bits per heavy atom. The molecule has 0 radical (unpaired) electrons. The number of allylic oxidation sites excluding steroid dienone is 10. The van der Waals surface area contributed by atoms with E-state index in [1.54, 1.807) is 6.08 Å². The van der Waals surface area contributed by atoms with Crippen molar-refractivity contribution in [2.75, 3.05) is 0 Å². The van der Waals surface area contributed by atoms with Gasteiger partial charge in [0, 0.05) is 17.0 Å². The Bertz CT molecular complexity index is 1760. The molecule has 1 aromatic rings. The maximum absolute atomic E-state index is 7.72. The number of nitrogens with one attached hydrogen (secondary N) is 2. The van der Waals surface area contributed by atoms with E-state index in [-0.39, 0.29) is 0 Å². The first kappa shape index (κ1) is 31.3. The van der Waals surface area contributed by atoms with Crippen LogP contribution in [0.4, 0.5) is 0 Å². The van der Waals surface area contributed by atoms with Crippen LogP contribution in [0.5, 0.6) is 0 Å². The van der Waals surface area contributed by atoms with Crippen LogP contribution in [0.25, 0.3) is 12.2 Å². The first-order valence-electron chi connectivity index (χ1n) is 16.7. The summed E-state index contributed by atoms with van der Waals surface area (Å²) in [6.45, 7) is 17.8. The van der Waals surface area contributed by atoms with Crippen LogP contribution in [-0.2, 0) is 12.8 Å². The highest BCUT2D eigenvalue weighted by Gasteiger charge is 2.32. The van der Waals surface area contributed by atoms with Crippen molar-refractivity contribution < 1.29 is 0 Å². The van der Waals surface area contributed by atoms with Gasteiger partial charge in [0.1, 0.15) is 0 Å². The topological polar surface area (TPSA) is 76.7 Å². The van der Waals surface area contributed by atoms with Crippen molar-refractivity contribution in [3.63, 3.8) is 0 Å². The first-order chi connectivity index (χ1) is 21.4. The van der Waals surface area contributed by atoms with Gasteiger partial charge in [-0.1, -0.05) is 55.4 Å². The minimum absolute atomic E-state index is 0.867. The van der Waals surface area contributed by atoms with Crippen LogP contribution < -0.4 is 0 Å². The summed E-state index contributed by atoms with van der Waals surface area (Å²) >= 11 is 0. The van der Waals surface area contributed by atoms with Crippen molar-refractivity contribution in [3.8, 4) is 0 Å². The highest BCUT2D eigenvalue weighted by Crippen LogP contribution is 2.41. The first-order valence-corrected chi connectivity index (χ1v) is 16.7. The quantitative estimate of drug-likeness (QED) is 0.271. The molecule has 0 aromatic carbocycles. The van der Waals surface area contributed by atoms with Crippen molar-refractivity contribution in [1.29, 1.82) is 5.41 Å². The van der Waals surface area contributed by atoms with Crippen molar-refractivity contribution in [1.82, 2.24) is 4.98 Å². The highest BCUT2D eigenvalue weighted by atomic mass is 14.9. The summed E-state index contributed by atoms with van der Waals surface area (Å²) in [6, 6.07) is 0. The van der Waals surface area contributed by atoms with Gasteiger partial charge in [-0.15, -0.1) is 0 Å².